The van der Waals surface area contributed by atoms with Crippen molar-refractivity contribution < 1.29 is 4.79 Å². The van der Waals surface area contributed by atoms with Crippen LogP contribution in [0.4, 0.5) is 0 Å². The molecule has 1 unspecified atom stereocenters. The molecule has 1 aliphatic heterocycles. The lowest BCUT2D eigenvalue weighted by Gasteiger charge is -2.20. The van der Waals surface area contributed by atoms with Crippen molar-refractivity contribution in [1.82, 2.24) is 9.80 Å². The number of hydrogen-bond acceptors (Lipinski definition) is 4. The van der Waals surface area contributed by atoms with Gasteiger partial charge in [0.05, 0.1) is 17.0 Å². The van der Waals surface area contributed by atoms with Crippen molar-refractivity contribution in [2.24, 2.45) is 5.73 Å². The SMILES string of the molecule is CN(C)C1CCN(C(=O)c2csc(C#CCN)c2)C1. The van der Waals surface area contributed by atoms with Gasteiger partial charge in [-0.05, 0) is 26.6 Å². The Hall–Kier alpha value is -1.35. The highest BCUT2D eigenvalue weighted by Gasteiger charge is 2.28. The van der Waals surface area contributed by atoms with E-state index in [1.807, 2.05) is 16.3 Å². The number of nitrogens with zero attached hydrogens (tertiary/aromatic N) is 2. The van der Waals surface area contributed by atoms with Crippen LogP contribution in [0.15, 0.2) is 11.4 Å². The zero-order valence-electron chi connectivity index (χ0n) is 11.3. The number of likely N-dealkylation sites (N-methyl/N-ethyl adjacent to an activating group) is 1. The Morgan fingerprint density at radius 2 is 2.42 bits per heavy atom. The summed E-state index contributed by atoms with van der Waals surface area (Å²) < 4.78 is 0. The zero-order valence-corrected chi connectivity index (χ0v) is 12.2. The van der Waals surface area contributed by atoms with E-state index < -0.39 is 0 Å². The lowest BCUT2D eigenvalue weighted by atomic mass is 10.2. The van der Waals surface area contributed by atoms with Gasteiger partial charge in [0.15, 0.2) is 0 Å². The van der Waals surface area contributed by atoms with Gasteiger partial charge in [0.25, 0.3) is 5.91 Å². The first kappa shape index (κ1) is 14.1. The molecule has 2 rings (SSSR count). The van der Waals surface area contributed by atoms with Crippen LogP contribution in [-0.4, -0.2) is 55.5 Å². The van der Waals surface area contributed by atoms with E-state index in [1.54, 1.807) is 0 Å². The molecule has 1 fully saturated rings. The summed E-state index contributed by atoms with van der Waals surface area (Å²) in [5.74, 6) is 5.88. The summed E-state index contributed by atoms with van der Waals surface area (Å²) in [5, 5.41) is 1.88. The van der Waals surface area contributed by atoms with E-state index in [1.165, 1.54) is 11.3 Å². The first-order valence-corrected chi connectivity index (χ1v) is 7.23. The van der Waals surface area contributed by atoms with E-state index in [2.05, 4.69) is 30.8 Å². The number of amides is 1. The van der Waals surface area contributed by atoms with Gasteiger partial charge in [-0.1, -0.05) is 11.8 Å². The molecule has 0 bridgehead atoms. The van der Waals surface area contributed by atoms with Crippen LogP contribution >= 0.6 is 11.3 Å². The van der Waals surface area contributed by atoms with Crippen LogP contribution in [-0.2, 0) is 0 Å². The molecule has 4 nitrogen and oxygen atoms in total. The summed E-state index contributed by atoms with van der Waals surface area (Å²) in [6.45, 7) is 1.99. The second-order valence-electron chi connectivity index (χ2n) is 4.86. The summed E-state index contributed by atoms with van der Waals surface area (Å²) in [4.78, 5) is 17.3. The molecule has 1 saturated heterocycles. The molecular formula is C14H19N3OS. The maximum Gasteiger partial charge on any atom is 0.254 e. The second-order valence-corrected chi connectivity index (χ2v) is 5.77. The largest absolute Gasteiger partial charge is 0.337 e. The Balaban J connectivity index is 2.02. The van der Waals surface area contributed by atoms with E-state index in [9.17, 15) is 4.79 Å². The molecule has 1 aliphatic rings. The molecule has 19 heavy (non-hydrogen) atoms. The molecule has 0 spiro atoms. The highest BCUT2D eigenvalue weighted by atomic mass is 32.1. The highest BCUT2D eigenvalue weighted by Crippen LogP contribution is 2.20. The first-order valence-electron chi connectivity index (χ1n) is 6.35. The van der Waals surface area contributed by atoms with E-state index in [4.69, 9.17) is 5.73 Å². The average Bonchev–Trinajstić information content (AvgIpc) is 3.04. The van der Waals surface area contributed by atoms with Gasteiger partial charge < -0.3 is 15.5 Å². The van der Waals surface area contributed by atoms with Crippen LogP contribution in [0.1, 0.15) is 21.7 Å². The van der Waals surface area contributed by atoms with E-state index in [0.29, 0.717) is 12.6 Å². The normalized spacial score (nSPS) is 18.5. The maximum atomic E-state index is 12.3. The molecule has 5 heteroatoms. The minimum Gasteiger partial charge on any atom is -0.337 e. The summed E-state index contributed by atoms with van der Waals surface area (Å²) in [6.07, 6.45) is 1.04. The lowest BCUT2D eigenvalue weighted by Crippen LogP contribution is -2.34. The van der Waals surface area contributed by atoms with Crippen LogP contribution in [0.25, 0.3) is 0 Å². The third-order valence-electron chi connectivity index (χ3n) is 3.34. The highest BCUT2D eigenvalue weighted by molar-refractivity contribution is 7.10. The number of carbonyl (C=O) groups is 1. The van der Waals surface area contributed by atoms with Crippen LogP contribution in [0, 0.1) is 11.8 Å². The van der Waals surface area contributed by atoms with E-state index in [0.717, 1.165) is 30.0 Å². The van der Waals surface area contributed by atoms with Gasteiger partial charge in [0, 0.05) is 24.5 Å². The summed E-state index contributed by atoms with van der Waals surface area (Å²) in [5.41, 5.74) is 6.08. The Morgan fingerprint density at radius 1 is 1.63 bits per heavy atom. The summed E-state index contributed by atoms with van der Waals surface area (Å²) >= 11 is 1.50. The summed E-state index contributed by atoms with van der Waals surface area (Å²) in [6, 6.07) is 2.33. The van der Waals surface area contributed by atoms with Gasteiger partial charge in [-0.15, -0.1) is 11.3 Å². The van der Waals surface area contributed by atoms with Crippen molar-refractivity contribution in [3.63, 3.8) is 0 Å². The van der Waals surface area contributed by atoms with Gasteiger partial charge in [-0.25, -0.2) is 0 Å². The quantitative estimate of drug-likeness (QED) is 0.815. The third-order valence-corrected chi connectivity index (χ3v) is 4.19. The van der Waals surface area contributed by atoms with Crippen molar-refractivity contribution >= 4 is 17.2 Å². The number of nitrogens with two attached hydrogens (primary N) is 1. The van der Waals surface area contributed by atoms with Crippen LogP contribution < -0.4 is 5.73 Å². The third kappa shape index (κ3) is 3.35. The summed E-state index contributed by atoms with van der Waals surface area (Å²) in [7, 11) is 4.12. The van der Waals surface area contributed by atoms with Gasteiger partial charge in [0.2, 0.25) is 0 Å². The Labute approximate surface area is 118 Å². The predicted molar refractivity (Wildman–Crippen MR) is 78.2 cm³/mol. The van der Waals surface area contributed by atoms with Crippen molar-refractivity contribution in [2.45, 2.75) is 12.5 Å². The Morgan fingerprint density at radius 3 is 3.05 bits per heavy atom. The smallest absolute Gasteiger partial charge is 0.254 e. The fourth-order valence-corrected chi connectivity index (χ4v) is 2.93. The fourth-order valence-electron chi connectivity index (χ4n) is 2.18. The molecular weight excluding hydrogens is 258 g/mol. The molecule has 2 heterocycles. The van der Waals surface area contributed by atoms with Crippen molar-refractivity contribution in [1.29, 1.82) is 0 Å². The second kappa shape index (κ2) is 6.20. The molecule has 0 saturated carbocycles. The number of carbonyl (C=O) groups excluding carboxylic acids is 1. The standard InChI is InChI=1S/C14H19N3OS/c1-16(2)12-5-7-17(9-12)14(18)11-8-13(19-10-11)4-3-6-15/h8,10,12H,5-7,9,15H2,1-2H3. The van der Waals surface area contributed by atoms with Crippen molar-refractivity contribution in [3.8, 4) is 11.8 Å². The van der Waals surface area contributed by atoms with Gasteiger partial charge in [-0.2, -0.15) is 0 Å². The van der Waals surface area contributed by atoms with Gasteiger partial charge in [0.1, 0.15) is 0 Å². The topological polar surface area (TPSA) is 49.6 Å². The number of rotatable bonds is 2. The molecule has 1 aromatic heterocycles. The maximum absolute atomic E-state index is 12.3. The number of hydrogen-bond donors (Lipinski definition) is 1. The van der Waals surface area contributed by atoms with Crippen molar-refractivity contribution in [3.05, 3.63) is 21.9 Å². The molecule has 0 aliphatic carbocycles. The predicted octanol–water partition coefficient (Wildman–Crippen LogP) is 0.834. The average molecular weight is 277 g/mol. The molecule has 102 valence electrons. The van der Waals surface area contributed by atoms with Crippen LogP contribution in [0.2, 0.25) is 0 Å². The Bertz CT molecular complexity index is 512. The Kier molecular flexibility index (Phi) is 4.59. The molecule has 1 aromatic rings. The van der Waals surface area contributed by atoms with E-state index in [-0.39, 0.29) is 5.91 Å². The van der Waals surface area contributed by atoms with Gasteiger partial charge in [-0.3, -0.25) is 4.79 Å². The van der Waals surface area contributed by atoms with E-state index >= 15 is 0 Å². The van der Waals surface area contributed by atoms with Crippen LogP contribution in [0.3, 0.4) is 0 Å². The molecule has 2 N–H and O–H groups in total. The van der Waals surface area contributed by atoms with Crippen molar-refractivity contribution in [2.75, 3.05) is 33.7 Å². The monoisotopic (exact) mass is 277 g/mol. The first-order chi connectivity index (χ1) is 9.11. The van der Waals surface area contributed by atoms with Crippen LogP contribution in [0.5, 0.6) is 0 Å². The fraction of sp³-hybridized carbons (Fsp3) is 0.500. The minimum atomic E-state index is 0.112. The molecule has 1 atom stereocenters. The molecule has 0 radical (unpaired) electrons. The number of thiophene rings is 1. The minimum absolute atomic E-state index is 0.112. The molecule has 1 amide bonds. The van der Waals surface area contributed by atoms with Gasteiger partial charge >= 0.3 is 0 Å². The lowest BCUT2D eigenvalue weighted by molar-refractivity contribution is 0.0783. The number of likely N-dealkylation sites (tertiary alicyclic amines) is 1. The zero-order chi connectivity index (χ0) is 13.8. The molecule has 0 aromatic carbocycles.